The second-order valence-corrected chi connectivity index (χ2v) is 6.84. The van der Waals surface area contributed by atoms with Crippen molar-refractivity contribution in [3.8, 4) is 0 Å². The van der Waals surface area contributed by atoms with Crippen molar-refractivity contribution >= 4 is 5.97 Å². The molecule has 0 unspecified atom stereocenters. The lowest BCUT2D eigenvalue weighted by molar-refractivity contribution is -0.237. The highest BCUT2D eigenvalue weighted by molar-refractivity contribution is 5.75. The van der Waals surface area contributed by atoms with Gasteiger partial charge in [0.2, 0.25) is 0 Å². The van der Waals surface area contributed by atoms with Crippen LogP contribution in [0.25, 0.3) is 0 Å². The van der Waals surface area contributed by atoms with Gasteiger partial charge in [-0.25, -0.2) is 0 Å². The van der Waals surface area contributed by atoms with Crippen LogP contribution in [-0.4, -0.2) is 45.2 Å². The van der Waals surface area contributed by atoms with Gasteiger partial charge < -0.3 is 20.1 Å². The lowest BCUT2D eigenvalue weighted by atomic mass is 9.50. The first-order valence-corrected chi connectivity index (χ1v) is 7.20. The minimum Gasteiger partial charge on any atom is -0.458 e. The first-order valence-electron chi connectivity index (χ1n) is 7.20. The Bertz CT molecular complexity index is 475. The average Bonchev–Trinajstić information content (AvgIpc) is 2.68. The topological polar surface area (TPSA) is 87.0 Å². The Kier molecular flexibility index (Phi) is 2.85. The summed E-state index contributed by atoms with van der Waals surface area (Å²) < 4.78 is 5.38. The normalized spacial score (nSPS) is 55.1. The molecule has 0 bridgehead atoms. The van der Waals surface area contributed by atoms with Crippen molar-refractivity contribution in [3.05, 3.63) is 12.2 Å². The number of rotatable bonds is 0. The van der Waals surface area contributed by atoms with Gasteiger partial charge in [0, 0.05) is 11.3 Å². The van der Waals surface area contributed by atoms with E-state index in [-0.39, 0.29) is 6.42 Å². The first-order chi connectivity index (χ1) is 9.23. The van der Waals surface area contributed by atoms with Crippen LogP contribution in [-0.2, 0) is 9.53 Å². The van der Waals surface area contributed by atoms with E-state index in [9.17, 15) is 20.1 Å². The highest BCUT2D eigenvalue weighted by atomic mass is 16.6. The Morgan fingerprint density at radius 3 is 2.70 bits per heavy atom. The van der Waals surface area contributed by atoms with Crippen molar-refractivity contribution in [2.75, 3.05) is 0 Å². The molecule has 0 aromatic carbocycles. The molecule has 5 nitrogen and oxygen atoms in total. The van der Waals surface area contributed by atoms with Gasteiger partial charge in [-0.3, -0.25) is 4.79 Å². The highest BCUT2D eigenvalue weighted by Crippen LogP contribution is 2.59. The molecule has 2 aliphatic carbocycles. The van der Waals surface area contributed by atoms with Crippen LogP contribution in [0, 0.1) is 17.3 Å². The third-order valence-corrected chi connectivity index (χ3v) is 5.90. The van der Waals surface area contributed by atoms with Gasteiger partial charge in [0.15, 0.2) is 0 Å². The van der Waals surface area contributed by atoms with Gasteiger partial charge in [0.1, 0.15) is 11.7 Å². The summed E-state index contributed by atoms with van der Waals surface area (Å²) in [5.74, 6) is -1.29. The number of fused-ring (bicyclic) bond motifs is 3. The zero-order chi connectivity index (χ0) is 14.9. The highest BCUT2D eigenvalue weighted by Gasteiger charge is 2.70. The molecule has 0 spiro atoms. The van der Waals surface area contributed by atoms with Crippen LogP contribution in [0.4, 0.5) is 0 Å². The van der Waals surface area contributed by atoms with Crippen molar-refractivity contribution in [1.82, 2.24) is 0 Å². The molecule has 1 aliphatic heterocycles. The van der Waals surface area contributed by atoms with Crippen LogP contribution in [0.5, 0.6) is 0 Å². The Balaban J connectivity index is 2.12. The Morgan fingerprint density at radius 2 is 2.05 bits per heavy atom. The van der Waals surface area contributed by atoms with Gasteiger partial charge in [0.05, 0.1) is 18.1 Å². The molecule has 0 aromatic heterocycles. The standard InChI is InChI=1S/C15H22O5/c1-7-4-5-10(17)14(3)6-9(16)11-8(2)13(18)20-12(11)15(7,14)19/h8-12,16-17,19H,1,4-6H2,2-3H3/t8-,9-,10+,11+,12-,14-,15+/m0/s1. The summed E-state index contributed by atoms with van der Waals surface area (Å²) >= 11 is 0. The summed E-state index contributed by atoms with van der Waals surface area (Å²) in [7, 11) is 0. The molecule has 0 radical (unpaired) electrons. The van der Waals surface area contributed by atoms with E-state index in [4.69, 9.17) is 4.74 Å². The zero-order valence-corrected chi connectivity index (χ0v) is 11.9. The van der Waals surface area contributed by atoms with E-state index < -0.39 is 47.1 Å². The number of carbonyl (C=O) groups excluding carboxylic acids is 1. The molecular weight excluding hydrogens is 260 g/mol. The van der Waals surface area contributed by atoms with E-state index in [1.807, 2.05) is 0 Å². The number of aliphatic hydroxyl groups is 3. The van der Waals surface area contributed by atoms with Crippen molar-refractivity contribution in [1.29, 1.82) is 0 Å². The number of ether oxygens (including phenoxy) is 1. The molecule has 1 heterocycles. The number of hydrogen-bond acceptors (Lipinski definition) is 5. The van der Waals surface area contributed by atoms with Gasteiger partial charge in [-0.05, 0) is 24.8 Å². The molecule has 3 aliphatic rings. The van der Waals surface area contributed by atoms with Gasteiger partial charge >= 0.3 is 5.97 Å². The molecule has 5 heteroatoms. The zero-order valence-electron chi connectivity index (χ0n) is 11.9. The maximum atomic E-state index is 11.9. The molecule has 0 amide bonds. The minimum absolute atomic E-state index is 0.242. The number of aliphatic hydroxyl groups excluding tert-OH is 2. The fraction of sp³-hybridized carbons (Fsp3) is 0.800. The molecule has 1 saturated heterocycles. The summed E-state index contributed by atoms with van der Waals surface area (Å²) in [5.41, 5.74) is -1.81. The number of hydrogen-bond donors (Lipinski definition) is 3. The monoisotopic (exact) mass is 282 g/mol. The maximum Gasteiger partial charge on any atom is 0.309 e. The summed E-state index contributed by atoms with van der Waals surface area (Å²) in [6.45, 7) is 7.41. The number of esters is 1. The SMILES string of the molecule is C=C1CC[C@@H](O)[C@]2(C)C[C@H](O)[C@H]3[C@H](C)C(=O)O[C@@H]3[C@]12O. The largest absolute Gasteiger partial charge is 0.458 e. The van der Waals surface area contributed by atoms with E-state index >= 15 is 0 Å². The Morgan fingerprint density at radius 1 is 1.40 bits per heavy atom. The fourth-order valence-corrected chi connectivity index (χ4v) is 4.50. The second-order valence-electron chi connectivity index (χ2n) is 6.84. The summed E-state index contributed by atoms with van der Waals surface area (Å²) in [5, 5.41) is 32.0. The van der Waals surface area contributed by atoms with Crippen LogP contribution in [0.3, 0.4) is 0 Å². The third-order valence-electron chi connectivity index (χ3n) is 5.90. The summed E-state index contributed by atoms with van der Waals surface area (Å²) in [4.78, 5) is 11.9. The lowest BCUT2D eigenvalue weighted by Crippen LogP contribution is -2.69. The van der Waals surface area contributed by atoms with Gasteiger partial charge in [-0.2, -0.15) is 0 Å². The number of carbonyl (C=O) groups is 1. The van der Waals surface area contributed by atoms with E-state index in [1.54, 1.807) is 13.8 Å². The summed E-state index contributed by atoms with van der Waals surface area (Å²) in [6.07, 6.45) is -1.09. The Labute approximate surface area is 118 Å². The van der Waals surface area contributed by atoms with Crippen molar-refractivity contribution < 1.29 is 24.9 Å². The summed E-state index contributed by atoms with van der Waals surface area (Å²) in [6, 6.07) is 0. The van der Waals surface area contributed by atoms with Crippen LogP contribution < -0.4 is 0 Å². The molecule has 20 heavy (non-hydrogen) atoms. The van der Waals surface area contributed by atoms with E-state index in [1.165, 1.54) is 0 Å². The maximum absolute atomic E-state index is 11.9. The minimum atomic E-state index is -1.46. The van der Waals surface area contributed by atoms with Crippen LogP contribution in [0.15, 0.2) is 12.2 Å². The lowest BCUT2D eigenvalue weighted by Gasteiger charge is -2.59. The van der Waals surface area contributed by atoms with Gasteiger partial charge in [-0.1, -0.05) is 20.4 Å². The van der Waals surface area contributed by atoms with Crippen molar-refractivity contribution in [2.45, 2.75) is 57.0 Å². The molecular formula is C15H22O5. The van der Waals surface area contributed by atoms with Crippen molar-refractivity contribution in [2.24, 2.45) is 17.3 Å². The molecule has 112 valence electrons. The third kappa shape index (κ3) is 1.41. The quantitative estimate of drug-likeness (QED) is 0.441. The smallest absolute Gasteiger partial charge is 0.309 e. The van der Waals surface area contributed by atoms with E-state index in [0.29, 0.717) is 18.4 Å². The fourth-order valence-electron chi connectivity index (χ4n) is 4.50. The van der Waals surface area contributed by atoms with Crippen LogP contribution >= 0.6 is 0 Å². The van der Waals surface area contributed by atoms with Crippen LogP contribution in [0.1, 0.15) is 33.1 Å². The molecule has 2 saturated carbocycles. The molecule has 7 atom stereocenters. The van der Waals surface area contributed by atoms with Crippen molar-refractivity contribution in [3.63, 3.8) is 0 Å². The Hall–Kier alpha value is -0.910. The van der Waals surface area contributed by atoms with Gasteiger partial charge in [0.25, 0.3) is 0 Å². The first kappa shape index (κ1) is 14.0. The van der Waals surface area contributed by atoms with E-state index in [2.05, 4.69) is 6.58 Å². The van der Waals surface area contributed by atoms with E-state index in [0.717, 1.165) is 0 Å². The molecule has 0 aromatic rings. The molecule has 3 rings (SSSR count). The van der Waals surface area contributed by atoms with Crippen LogP contribution in [0.2, 0.25) is 0 Å². The average molecular weight is 282 g/mol. The second kappa shape index (κ2) is 4.06. The molecule has 3 N–H and O–H groups in total. The molecule has 3 fully saturated rings. The predicted octanol–water partition coefficient (Wildman–Crippen LogP) is 0.377. The van der Waals surface area contributed by atoms with Gasteiger partial charge in [-0.15, -0.1) is 0 Å². The predicted molar refractivity (Wildman–Crippen MR) is 70.6 cm³/mol.